The molecule has 0 spiro atoms. The molecule has 1 heterocycles. The summed E-state index contributed by atoms with van der Waals surface area (Å²) in [5.41, 5.74) is 2.29. The van der Waals surface area contributed by atoms with E-state index in [2.05, 4.69) is 9.97 Å². The van der Waals surface area contributed by atoms with Crippen LogP contribution in [0.3, 0.4) is 0 Å². The normalized spacial score (nSPS) is 13.8. The van der Waals surface area contributed by atoms with E-state index in [1.165, 1.54) is 0 Å². The van der Waals surface area contributed by atoms with E-state index in [1.807, 2.05) is 18.2 Å². The Labute approximate surface area is 103 Å². The van der Waals surface area contributed by atoms with Crippen molar-refractivity contribution in [3.63, 3.8) is 0 Å². The average molecular weight is 245 g/mol. The lowest BCUT2D eigenvalue weighted by Gasteiger charge is -2.04. The van der Waals surface area contributed by atoms with Crippen LogP contribution in [0.2, 0.25) is 5.02 Å². The summed E-state index contributed by atoms with van der Waals surface area (Å²) in [7, 11) is 0. The summed E-state index contributed by atoms with van der Waals surface area (Å²) >= 11 is 6.09. The van der Waals surface area contributed by atoms with E-state index in [0.717, 1.165) is 11.3 Å². The number of aromatic nitrogens is 2. The van der Waals surface area contributed by atoms with Crippen molar-refractivity contribution in [2.24, 2.45) is 0 Å². The van der Waals surface area contributed by atoms with Gasteiger partial charge < -0.3 is 0 Å². The molecule has 1 aromatic carbocycles. The Bertz CT molecular complexity index is 610. The number of hydrogen-bond donors (Lipinski definition) is 0. The Morgan fingerprint density at radius 3 is 2.76 bits per heavy atom. The number of rotatable bonds is 1. The molecule has 3 nitrogen and oxygen atoms in total. The molecule has 0 fully saturated rings. The number of carbonyl (C=O) groups is 1. The third-order valence-corrected chi connectivity index (χ3v) is 3.20. The second-order valence-electron chi connectivity index (χ2n) is 3.96. The summed E-state index contributed by atoms with van der Waals surface area (Å²) in [4.78, 5) is 20.1. The van der Waals surface area contributed by atoms with Crippen LogP contribution in [0.5, 0.6) is 0 Å². The number of benzene rings is 1. The maximum Gasteiger partial charge on any atom is 0.166 e. The van der Waals surface area contributed by atoms with Crippen LogP contribution in [0, 0.1) is 0 Å². The van der Waals surface area contributed by atoms with Crippen LogP contribution in [0.15, 0.2) is 30.5 Å². The molecule has 0 unspecified atom stereocenters. The summed E-state index contributed by atoms with van der Waals surface area (Å²) < 4.78 is 0. The van der Waals surface area contributed by atoms with E-state index in [-0.39, 0.29) is 5.78 Å². The van der Waals surface area contributed by atoms with Gasteiger partial charge in [-0.1, -0.05) is 23.7 Å². The summed E-state index contributed by atoms with van der Waals surface area (Å²) in [6.07, 6.45) is 2.85. The van der Waals surface area contributed by atoms with Gasteiger partial charge in [-0.2, -0.15) is 0 Å². The molecule has 0 saturated heterocycles. The summed E-state index contributed by atoms with van der Waals surface area (Å²) in [6, 6.07) is 7.44. The van der Waals surface area contributed by atoms with Gasteiger partial charge in [0.15, 0.2) is 11.6 Å². The van der Waals surface area contributed by atoms with E-state index >= 15 is 0 Å². The van der Waals surface area contributed by atoms with E-state index in [4.69, 9.17) is 11.6 Å². The zero-order valence-corrected chi connectivity index (χ0v) is 9.74. The molecule has 0 N–H and O–H groups in total. The molecule has 0 radical (unpaired) electrons. The smallest absolute Gasteiger partial charge is 0.166 e. The summed E-state index contributed by atoms with van der Waals surface area (Å²) in [5.74, 6) is 0.717. The summed E-state index contributed by atoms with van der Waals surface area (Å²) in [6.45, 7) is 0. The minimum absolute atomic E-state index is 0.130. The van der Waals surface area contributed by atoms with Crippen molar-refractivity contribution in [1.82, 2.24) is 9.97 Å². The highest BCUT2D eigenvalue weighted by Crippen LogP contribution is 2.27. The SMILES string of the molecule is O=C1CCc2nc(-c3ccccc3Cl)ncc21. The first-order valence-corrected chi connectivity index (χ1v) is 5.77. The Morgan fingerprint density at radius 2 is 1.94 bits per heavy atom. The number of fused-ring (bicyclic) bond motifs is 1. The fourth-order valence-corrected chi connectivity index (χ4v) is 2.20. The predicted molar refractivity (Wildman–Crippen MR) is 65.1 cm³/mol. The quantitative estimate of drug-likeness (QED) is 0.775. The predicted octanol–water partition coefficient (Wildman–Crippen LogP) is 2.93. The molecule has 4 heteroatoms. The van der Waals surface area contributed by atoms with Gasteiger partial charge in [0.05, 0.1) is 16.3 Å². The van der Waals surface area contributed by atoms with Crippen molar-refractivity contribution in [1.29, 1.82) is 0 Å². The number of hydrogen-bond acceptors (Lipinski definition) is 3. The van der Waals surface area contributed by atoms with Crippen molar-refractivity contribution >= 4 is 17.4 Å². The Morgan fingerprint density at radius 1 is 1.12 bits per heavy atom. The first kappa shape index (κ1) is 10.4. The molecule has 84 valence electrons. The third-order valence-electron chi connectivity index (χ3n) is 2.87. The number of nitrogens with zero attached hydrogens (tertiary/aromatic N) is 2. The van der Waals surface area contributed by atoms with Gasteiger partial charge in [0.1, 0.15) is 0 Å². The highest BCUT2D eigenvalue weighted by atomic mass is 35.5. The fourth-order valence-electron chi connectivity index (χ4n) is 1.98. The largest absolute Gasteiger partial charge is 0.294 e. The first-order chi connectivity index (χ1) is 8.25. The van der Waals surface area contributed by atoms with Crippen LogP contribution in [0.1, 0.15) is 22.5 Å². The standard InChI is InChI=1S/C13H9ClN2O/c14-10-4-2-1-3-8(10)13-15-7-9-11(16-13)5-6-12(9)17/h1-4,7H,5-6H2. The lowest BCUT2D eigenvalue weighted by Crippen LogP contribution is -1.98. The molecule has 17 heavy (non-hydrogen) atoms. The summed E-state index contributed by atoms with van der Waals surface area (Å²) in [5, 5.41) is 0.622. The molecule has 0 amide bonds. The first-order valence-electron chi connectivity index (χ1n) is 5.40. The van der Waals surface area contributed by atoms with Crippen molar-refractivity contribution in [2.75, 3.05) is 0 Å². The van der Waals surface area contributed by atoms with Gasteiger partial charge in [0.2, 0.25) is 0 Å². The Balaban J connectivity index is 2.12. The molecule has 1 aliphatic rings. The third kappa shape index (κ3) is 1.72. The molecular formula is C13H9ClN2O. The van der Waals surface area contributed by atoms with Crippen molar-refractivity contribution in [3.05, 3.63) is 46.7 Å². The second-order valence-corrected chi connectivity index (χ2v) is 4.36. The molecular weight excluding hydrogens is 236 g/mol. The maximum absolute atomic E-state index is 11.5. The van der Waals surface area contributed by atoms with Gasteiger partial charge >= 0.3 is 0 Å². The molecule has 0 atom stereocenters. The number of Topliss-reactive ketones (excluding diaryl/α,β-unsaturated/α-hetero) is 1. The number of ketones is 1. The number of halogens is 1. The van der Waals surface area contributed by atoms with Gasteiger partial charge in [-0.3, -0.25) is 4.79 Å². The lowest BCUT2D eigenvalue weighted by atomic mass is 10.2. The van der Waals surface area contributed by atoms with Gasteiger partial charge in [-0.15, -0.1) is 0 Å². The minimum Gasteiger partial charge on any atom is -0.294 e. The Kier molecular flexibility index (Phi) is 2.41. The van der Waals surface area contributed by atoms with Crippen molar-refractivity contribution in [2.45, 2.75) is 12.8 Å². The van der Waals surface area contributed by atoms with E-state index in [1.54, 1.807) is 12.3 Å². The molecule has 3 rings (SSSR count). The van der Waals surface area contributed by atoms with Crippen molar-refractivity contribution in [3.8, 4) is 11.4 Å². The van der Waals surface area contributed by atoms with Gasteiger partial charge in [0, 0.05) is 18.2 Å². The highest BCUT2D eigenvalue weighted by molar-refractivity contribution is 6.33. The zero-order valence-electron chi connectivity index (χ0n) is 8.98. The van der Waals surface area contributed by atoms with Crippen LogP contribution >= 0.6 is 11.6 Å². The van der Waals surface area contributed by atoms with Crippen LogP contribution in [0.25, 0.3) is 11.4 Å². The van der Waals surface area contributed by atoms with Gasteiger partial charge in [-0.05, 0) is 18.6 Å². The van der Waals surface area contributed by atoms with E-state index in [9.17, 15) is 4.79 Å². The monoisotopic (exact) mass is 244 g/mol. The second kappa shape index (κ2) is 3.93. The van der Waals surface area contributed by atoms with E-state index in [0.29, 0.717) is 29.3 Å². The molecule has 0 bridgehead atoms. The van der Waals surface area contributed by atoms with E-state index < -0.39 is 0 Å². The molecule has 0 saturated carbocycles. The van der Waals surface area contributed by atoms with Crippen LogP contribution in [0.4, 0.5) is 0 Å². The molecule has 2 aromatic rings. The van der Waals surface area contributed by atoms with Crippen LogP contribution in [-0.2, 0) is 6.42 Å². The van der Waals surface area contributed by atoms with Crippen LogP contribution in [-0.4, -0.2) is 15.8 Å². The topological polar surface area (TPSA) is 42.9 Å². The molecule has 0 aliphatic heterocycles. The van der Waals surface area contributed by atoms with Gasteiger partial charge in [-0.25, -0.2) is 9.97 Å². The zero-order chi connectivity index (χ0) is 11.8. The highest BCUT2D eigenvalue weighted by Gasteiger charge is 2.22. The number of aryl methyl sites for hydroxylation is 1. The molecule has 1 aliphatic carbocycles. The fraction of sp³-hybridized carbons (Fsp3) is 0.154. The minimum atomic E-state index is 0.130. The van der Waals surface area contributed by atoms with Crippen molar-refractivity contribution < 1.29 is 4.79 Å². The Hall–Kier alpha value is -1.74. The number of carbonyl (C=O) groups excluding carboxylic acids is 1. The average Bonchev–Trinajstić information content (AvgIpc) is 2.71. The lowest BCUT2D eigenvalue weighted by molar-refractivity contribution is 0.0994. The molecule has 1 aromatic heterocycles. The van der Waals surface area contributed by atoms with Crippen LogP contribution < -0.4 is 0 Å². The van der Waals surface area contributed by atoms with Gasteiger partial charge in [0.25, 0.3) is 0 Å². The maximum atomic E-state index is 11.5.